The van der Waals surface area contributed by atoms with Gasteiger partial charge in [0.25, 0.3) is 5.56 Å². The van der Waals surface area contributed by atoms with Gasteiger partial charge >= 0.3 is 17.9 Å². The van der Waals surface area contributed by atoms with E-state index in [0.29, 0.717) is 47.0 Å². The highest BCUT2D eigenvalue weighted by Gasteiger charge is 2.34. The summed E-state index contributed by atoms with van der Waals surface area (Å²) in [6.07, 6.45) is -0.414. The molecule has 1 unspecified atom stereocenters. The number of ether oxygens (including phenoxy) is 2. The van der Waals surface area contributed by atoms with Gasteiger partial charge < -0.3 is 18.9 Å². The molecule has 1 aliphatic rings. The molecule has 43 heavy (non-hydrogen) atoms. The predicted molar refractivity (Wildman–Crippen MR) is 163 cm³/mol. The third kappa shape index (κ3) is 5.67. The zero-order chi connectivity index (χ0) is 31.6. The Morgan fingerprint density at radius 1 is 1.00 bits per heavy atom. The maximum Gasteiger partial charge on any atom is 0.419 e. The number of benzene rings is 1. The second kappa shape index (κ2) is 10.6. The number of carbonyl (C=O) groups excluding carboxylic acids is 2. The van der Waals surface area contributed by atoms with Gasteiger partial charge in [0.15, 0.2) is 11.2 Å². The number of halogens is 1. The van der Waals surface area contributed by atoms with E-state index >= 15 is 0 Å². The average Bonchev–Trinajstić information content (AvgIpc) is 3.59. The molecule has 12 nitrogen and oxygen atoms in total. The molecule has 0 bridgehead atoms. The fourth-order valence-corrected chi connectivity index (χ4v) is 5.70. The van der Waals surface area contributed by atoms with Crippen molar-refractivity contribution in [1.82, 2.24) is 28.2 Å². The number of aromatic nitrogens is 5. The lowest BCUT2D eigenvalue weighted by Gasteiger charge is -2.24. The van der Waals surface area contributed by atoms with E-state index in [0.717, 1.165) is 4.57 Å². The minimum absolute atomic E-state index is 0.148. The maximum atomic E-state index is 13.9. The third-order valence-electron chi connectivity index (χ3n) is 7.36. The second-order valence-electron chi connectivity index (χ2n) is 13.0. The molecule has 1 atom stereocenters. The van der Waals surface area contributed by atoms with Crippen molar-refractivity contribution in [2.45, 2.75) is 71.6 Å². The van der Waals surface area contributed by atoms with Crippen LogP contribution in [0, 0.1) is 0 Å². The Hall–Kier alpha value is -4.06. The first-order valence-electron chi connectivity index (χ1n) is 14.1. The Balaban J connectivity index is 1.57. The fraction of sp³-hybridized carbons (Fsp3) is 0.500. The molecular formula is C30H37ClN6O6. The number of aryl methyl sites for hydroxylation is 2. The third-order valence-corrected chi connectivity index (χ3v) is 7.69. The normalized spacial score (nSPS) is 15.9. The van der Waals surface area contributed by atoms with Crippen molar-refractivity contribution in [3.05, 3.63) is 61.6 Å². The van der Waals surface area contributed by atoms with E-state index in [9.17, 15) is 19.2 Å². The van der Waals surface area contributed by atoms with Gasteiger partial charge in [0.1, 0.15) is 17.0 Å². The number of nitrogens with zero attached hydrogens (tertiary/aromatic N) is 6. The fourth-order valence-electron chi connectivity index (χ4n) is 5.48. The maximum absolute atomic E-state index is 13.9. The van der Waals surface area contributed by atoms with Gasteiger partial charge in [0, 0.05) is 43.5 Å². The Morgan fingerprint density at radius 3 is 2.30 bits per heavy atom. The Labute approximate surface area is 253 Å². The number of imidazole rings is 1. The molecule has 0 spiro atoms. The first-order valence-corrected chi connectivity index (χ1v) is 14.5. The van der Waals surface area contributed by atoms with Crippen molar-refractivity contribution in [2.24, 2.45) is 14.1 Å². The topological polar surface area (TPSA) is 123 Å². The van der Waals surface area contributed by atoms with Gasteiger partial charge in [-0.3, -0.25) is 13.9 Å². The Morgan fingerprint density at radius 2 is 1.65 bits per heavy atom. The molecule has 4 heterocycles. The van der Waals surface area contributed by atoms with Crippen LogP contribution in [0.4, 0.5) is 9.59 Å². The van der Waals surface area contributed by atoms with E-state index in [4.69, 9.17) is 26.1 Å². The van der Waals surface area contributed by atoms with E-state index in [1.54, 1.807) is 68.6 Å². The molecule has 1 fully saturated rings. The van der Waals surface area contributed by atoms with Gasteiger partial charge in [-0.1, -0.05) is 17.7 Å². The van der Waals surface area contributed by atoms with Crippen LogP contribution in [0.1, 0.15) is 65.4 Å². The minimum atomic E-state index is -0.778. The van der Waals surface area contributed by atoms with Crippen molar-refractivity contribution < 1.29 is 19.1 Å². The van der Waals surface area contributed by atoms with Crippen LogP contribution < -0.4 is 11.2 Å². The van der Waals surface area contributed by atoms with Crippen molar-refractivity contribution in [1.29, 1.82) is 0 Å². The SMILES string of the molecule is Cn1c(C2CCN(C(=O)OC(C)(C)C)C2)nc2c1c(=O)n(Cc1cc3c(Cl)cccc3n1C(=O)OC(C)(C)C)c(=O)n2C. The van der Waals surface area contributed by atoms with Crippen LogP contribution in [0.2, 0.25) is 5.02 Å². The monoisotopic (exact) mass is 612 g/mol. The molecule has 13 heteroatoms. The summed E-state index contributed by atoms with van der Waals surface area (Å²) in [5, 5.41) is 1.01. The molecule has 1 saturated heterocycles. The molecule has 0 radical (unpaired) electrons. The zero-order valence-electron chi connectivity index (χ0n) is 25.7. The van der Waals surface area contributed by atoms with Crippen LogP contribution in [0.15, 0.2) is 33.9 Å². The van der Waals surface area contributed by atoms with Gasteiger partial charge in [0.05, 0.1) is 17.8 Å². The molecule has 3 aromatic heterocycles. The summed E-state index contributed by atoms with van der Waals surface area (Å²) in [5.41, 5.74) is -1.18. The number of likely N-dealkylation sites (tertiary alicyclic amines) is 1. The number of rotatable bonds is 3. The van der Waals surface area contributed by atoms with Crippen LogP contribution in [0.3, 0.4) is 0 Å². The summed E-state index contributed by atoms with van der Waals surface area (Å²) in [4.78, 5) is 59.8. The highest BCUT2D eigenvalue weighted by atomic mass is 35.5. The number of hydrogen-bond acceptors (Lipinski definition) is 7. The van der Waals surface area contributed by atoms with Gasteiger partial charge in [-0.2, -0.15) is 0 Å². The molecule has 1 aliphatic heterocycles. The molecule has 5 rings (SSSR count). The summed E-state index contributed by atoms with van der Waals surface area (Å²) >= 11 is 6.45. The van der Waals surface area contributed by atoms with Crippen LogP contribution in [0.5, 0.6) is 0 Å². The van der Waals surface area contributed by atoms with E-state index in [-0.39, 0.29) is 23.6 Å². The smallest absolute Gasteiger partial charge is 0.419 e. The second-order valence-corrected chi connectivity index (χ2v) is 13.4. The number of hydrogen-bond donors (Lipinski definition) is 0. The van der Waals surface area contributed by atoms with Gasteiger partial charge in [-0.05, 0) is 66.2 Å². The zero-order valence-corrected chi connectivity index (χ0v) is 26.5. The van der Waals surface area contributed by atoms with Crippen LogP contribution in [-0.2, 0) is 30.1 Å². The lowest BCUT2D eigenvalue weighted by Crippen LogP contribution is -2.40. The Bertz CT molecular complexity index is 1880. The summed E-state index contributed by atoms with van der Waals surface area (Å²) in [6.45, 7) is 11.4. The quantitative estimate of drug-likeness (QED) is 0.331. The molecule has 0 saturated carbocycles. The summed E-state index contributed by atoms with van der Waals surface area (Å²) in [6, 6.07) is 6.84. The number of carbonyl (C=O) groups is 2. The molecule has 230 valence electrons. The standard InChI is InChI=1S/C30H37ClN6O6/c1-29(2,3)42-27(40)35-13-12-17(15-35)23-32-24-22(33(23)7)25(38)36(26(39)34(24)8)16-18-14-19-20(31)10-9-11-21(19)37(18)28(41)43-30(4,5)6/h9-11,14,17H,12-13,15-16H2,1-8H3. The highest BCUT2D eigenvalue weighted by Crippen LogP contribution is 2.30. The Kier molecular flexibility index (Phi) is 7.48. The largest absolute Gasteiger partial charge is 0.444 e. The molecule has 4 aromatic rings. The molecule has 0 N–H and O–H groups in total. The lowest BCUT2D eigenvalue weighted by molar-refractivity contribution is 0.0291. The van der Waals surface area contributed by atoms with Gasteiger partial charge in [0.2, 0.25) is 0 Å². The van der Waals surface area contributed by atoms with Gasteiger partial charge in [-0.15, -0.1) is 0 Å². The van der Waals surface area contributed by atoms with Crippen LogP contribution >= 0.6 is 11.6 Å². The lowest BCUT2D eigenvalue weighted by atomic mass is 10.1. The van der Waals surface area contributed by atoms with Crippen molar-refractivity contribution >= 4 is 45.9 Å². The van der Waals surface area contributed by atoms with Crippen molar-refractivity contribution in [3.8, 4) is 0 Å². The first kappa shape index (κ1) is 30.4. The number of fused-ring (bicyclic) bond motifs is 2. The van der Waals surface area contributed by atoms with Gasteiger partial charge in [-0.25, -0.2) is 23.9 Å². The van der Waals surface area contributed by atoms with E-state index < -0.39 is 34.6 Å². The van der Waals surface area contributed by atoms with E-state index in [2.05, 4.69) is 0 Å². The number of amides is 1. The molecule has 0 aliphatic carbocycles. The van der Waals surface area contributed by atoms with Crippen molar-refractivity contribution in [3.63, 3.8) is 0 Å². The molecule has 1 amide bonds. The first-order chi connectivity index (χ1) is 20.0. The minimum Gasteiger partial charge on any atom is -0.444 e. The van der Waals surface area contributed by atoms with E-state index in [1.165, 1.54) is 9.13 Å². The van der Waals surface area contributed by atoms with Crippen molar-refractivity contribution in [2.75, 3.05) is 13.1 Å². The highest BCUT2D eigenvalue weighted by molar-refractivity contribution is 6.35. The predicted octanol–water partition coefficient (Wildman–Crippen LogP) is 4.60. The van der Waals surface area contributed by atoms with Crippen LogP contribution in [-0.4, -0.2) is 64.6 Å². The average molecular weight is 613 g/mol. The summed E-state index contributed by atoms with van der Waals surface area (Å²) in [7, 11) is 3.29. The van der Waals surface area contributed by atoms with E-state index in [1.807, 2.05) is 20.8 Å². The molecule has 1 aromatic carbocycles. The molecular weight excluding hydrogens is 576 g/mol. The van der Waals surface area contributed by atoms with Crippen LogP contribution in [0.25, 0.3) is 22.1 Å². The summed E-state index contributed by atoms with van der Waals surface area (Å²) in [5.74, 6) is 0.449. The summed E-state index contributed by atoms with van der Waals surface area (Å²) < 4.78 is 16.6.